The van der Waals surface area contributed by atoms with Gasteiger partial charge in [-0.15, -0.1) is 0 Å². The molecule has 1 atom stereocenters. The highest BCUT2D eigenvalue weighted by Gasteiger charge is 2.24. The molecule has 0 fully saturated rings. The Labute approximate surface area is 166 Å². The molecule has 0 aliphatic carbocycles. The number of carbonyl (C=O) groups excluding carboxylic acids is 1. The number of hydrogen-bond acceptors (Lipinski definition) is 3. The van der Waals surface area contributed by atoms with Crippen LogP contribution in [0.2, 0.25) is 0 Å². The lowest BCUT2D eigenvalue weighted by molar-refractivity contribution is 0.0976. The third kappa shape index (κ3) is 4.28. The van der Waals surface area contributed by atoms with Crippen molar-refractivity contribution in [2.24, 2.45) is 5.92 Å². The lowest BCUT2D eigenvalue weighted by Crippen LogP contribution is -2.39. The van der Waals surface area contributed by atoms with Crippen LogP contribution in [-0.2, 0) is 9.84 Å². The quantitative estimate of drug-likeness (QED) is 0.657. The molecular formula is C22H26N2O3S. The van der Waals surface area contributed by atoms with Gasteiger partial charge in [0.1, 0.15) is 0 Å². The molecule has 3 aromatic rings. The number of anilines is 1. The molecule has 0 bridgehead atoms. The summed E-state index contributed by atoms with van der Waals surface area (Å²) < 4.78 is 23.4. The van der Waals surface area contributed by atoms with Crippen molar-refractivity contribution in [1.29, 1.82) is 0 Å². The number of H-pyrrole nitrogens is 1. The fourth-order valence-electron chi connectivity index (χ4n) is 3.53. The van der Waals surface area contributed by atoms with Gasteiger partial charge in [-0.3, -0.25) is 4.79 Å². The van der Waals surface area contributed by atoms with E-state index in [1.165, 1.54) is 12.1 Å². The van der Waals surface area contributed by atoms with E-state index in [9.17, 15) is 13.2 Å². The highest BCUT2D eigenvalue weighted by Crippen LogP contribution is 2.27. The number of aromatic amines is 1. The van der Waals surface area contributed by atoms with Crippen molar-refractivity contribution in [3.8, 4) is 0 Å². The number of nitrogens with zero attached hydrogens (tertiary/aromatic N) is 1. The van der Waals surface area contributed by atoms with Crippen molar-refractivity contribution in [2.45, 2.75) is 38.1 Å². The van der Waals surface area contributed by atoms with E-state index in [4.69, 9.17) is 0 Å². The van der Waals surface area contributed by atoms with Crippen LogP contribution in [0.5, 0.6) is 0 Å². The first kappa shape index (κ1) is 20.1. The van der Waals surface area contributed by atoms with Crippen molar-refractivity contribution in [2.75, 3.05) is 11.2 Å². The van der Waals surface area contributed by atoms with Gasteiger partial charge in [-0.25, -0.2) is 8.42 Å². The molecule has 2 aromatic carbocycles. The average molecular weight is 399 g/mol. The van der Waals surface area contributed by atoms with Crippen molar-refractivity contribution in [3.63, 3.8) is 0 Å². The molecular weight excluding hydrogens is 372 g/mol. The zero-order valence-corrected chi connectivity index (χ0v) is 17.5. The number of benzene rings is 2. The largest absolute Gasteiger partial charge is 0.361 e. The summed E-state index contributed by atoms with van der Waals surface area (Å²) in [6.45, 7) is 6.31. The summed E-state index contributed by atoms with van der Waals surface area (Å²) in [7, 11) is -3.30. The highest BCUT2D eigenvalue weighted by atomic mass is 32.2. The van der Waals surface area contributed by atoms with Gasteiger partial charge in [0.05, 0.1) is 4.90 Å². The molecule has 148 valence electrons. The maximum Gasteiger partial charge on any atom is 0.258 e. The van der Waals surface area contributed by atoms with Gasteiger partial charge >= 0.3 is 0 Å². The van der Waals surface area contributed by atoms with Gasteiger partial charge in [0, 0.05) is 40.6 Å². The summed E-state index contributed by atoms with van der Waals surface area (Å²) in [5.41, 5.74) is 2.32. The summed E-state index contributed by atoms with van der Waals surface area (Å²) >= 11 is 0. The van der Waals surface area contributed by atoms with Crippen LogP contribution in [0.15, 0.2) is 59.6 Å². The molecule has 1 N–H and O–H groups in total. The van der Waals surface area contributed by atoms with Crippen LogP contribution < -0.4 is 4.90 Å². The number of rotatable bonds is 6. The monoisotopic (exact) mass is 398 g/mol. The molecule has 0 aliphatic rings. The van der Waals surface area contributed by atoms with Crippen LogP contribution >= 0.6 is 0 Å². The Morgan fingerprint density at radius 1 is 1.04 bits per heavy atom. The molecule has 1 heterocycles. The predicted molar refractivity (Wildman–Crippen MR) is 114 cm³/mol. The maximum absolute atomic E-state index is 13.4. The third-order valence-corrected chi connectivity index (χ3v) is 5.95. The maximum atomic E-state index is 13.4. The second-order valence-electron chi connectivity index (χ2n) is 7.70. The standard InChI is InChI=1S/C22H26N2O3S/c1-15(2)13-16(3)24(19-7-10-21-18(14-19)11-12-23-21)22(25)17-5-8-20(9-6-17)28(4,26)27/h5-12,14-16,23H,13H2,1-4H3. The number of nitrogens with one attached hydrogen (secondary N) is 1. The zero-order chi connectivity index (χ0) is 20.5. The van der Waals surface area contributed by atoms with Crippen LogP contribution in [0.1, 0.15) is 37.6 Å². The molecule has 1 aromatic heterocycles. The Morgan fingerprint density at radius 3 is 2.32 bits per heavy atom. The van der Waals surface area contributed by atoms with E-state index in [1.54, 1.807) is 12.1 Å². The molecule has 5 nitrogen and oxygen atoms in total. The topological polar surface area (TPSA) is 70.2 Å². The fraction of sp³-hybridized carbons (Fsp3) is 0.318. The van der Waals surface area contributed by atoms with Crippen molar-refractivity contribution in [3.05, 3.63) is 60.3 Å². The number of amides is 1. The fourth-order valence-corrected chi connectivity index (χ4v) is 4.16. The van der Waals surface area contributed by atoms with E-state index in [-0.39, 0.29) is 16.8 Å². The SMILES string of the molecule is CC(C)CC(C)N(C(=O)c1ccc(S(C)(=O)=O)cc1)c1ccc2[nH]ccc2c1. The highest BCUT2D eigenvalue weighted by molar-refractivity contribution is 7.90. The smallest absolute Gasteiger partial charge is 0.258 e. The number of carbonyl (C=O) groups is 1. The predicted octanol–water partition coefficient (Wildman–Crippen LogP) is 4.65. The minimum Gasteiger partial charge on any atom is -0.361 e. The number of hydrogen-bond donors (Lipinski definition) is 1. The minimum atomic E-state index is -3.30. The van der Waals surface area contributed by atoms with E-state index in [1.807, 2.05) is 42.3 Å². The van der Waals surface area contributed by atoms with E-state index >= 15 is 0 Å². The second kappa shape index (κ2) is 7.80. The summed E-state index contributed by atoms with van der Waals surface area (Å²) in [6, 6.07) is 14.1. The van der Waals surface area contributed by atoms with Gasteiger partial charge in [-0.1, -0.05) is 13.8 Å². The molecule has 0 saturated carbocycles. The summed E-state index contributed by atoms with van der Waals surface area (Å²) in [5, 5.41) is 1.04. The Morgan fingerprint density at radius 2 is 1.71 bits per heavy atom. The van der Waals surface area contributed by atoms with Gasteiger partial charge in [-0.05, 0) is 67.8 Å². The Balaban J connectivity index is 2.01. The van der Waals surface area contributed by atoms with Crippen molar-refractivity contribution in [1.82, 2.24) is 4.98 Å². The summed E-state index contributed by atoms with van der Waals surface area (Å²) in [5.74, 6) is 0.303. The molecule has 3 rings (SSSR count). The van der Waals surface area contributed by atoms with Crippen LogP contribution in [0.4, 0.5) is 5.69 Å². The Hall–Kier alpha value is -2.60. The summed E-state index contributed by atoms with van der Waals surface area (Å²) in [4.78, 5) is 18.6. The first-order valence-corrected chi connectivity index (χ1v) is 11.3. The average Bonchev–Trinajstić information content (AvgIpc) is 3.08. The summed E-state index contributed by atoms with van der Waals surface area (Å²) in [6.07, 6.45) is 3.90. The first-order chi connectivity index (χ1) is 13.2. The second-order valence-corrected chi connectivity index (χ2v) is 9.72. The lowest BCUT2D eigenvalue weighted by Gasteiger charge is -2.31. The third-order valence-electron chi connectivity index (χ3n) is 4.82. The van der Waals surface area contributed by atoms with Gasteiger partial charge < -0.3 is 9.88 Å². The minimum absolute atomic E-state index is 0.00141. The molecule has 1 amide bonds. The molecule has 0 radical (unpaired) electrons. The number of sulfone groups is 1. The van der Waals surface area contributed by atoms with Crippen LogP contribution in [0.3, 0.4) is 0 Å². The van der Waals surface area contributed by atoms with Gasteiger partial charge in [0.15, 0.2) is 9.84 Å². The van der Waals surface area contributed by atoms with Crippen molar-refractivity contribution >= 4 is 32.3 Å². The van der Waals surface area contributed by atoms with Gasteiger partial charge in [0.2, 0.25) is 0 Å². The number of aromatic nitrogens is 1. The molecule has 28 heavy (non-hydrogen) atoms. The molecule has 0 spiro atoms. The van der Waals surface area contributed by atoms with E-state index in [0.717, 1.165) is 29.3 Å². The van der Waals surface area contributed by atoms with E-state index < -0.39 is 9.84 Å². The van der Waals surface area contributed by atoms with E-state index in [2.05, 4.69) is 18.8 Å². The molecule has 1 unspecified atom stereocenters. The van der Waals surface area contributed by atoms with Crippen LogP contribution in [0, 0.1) is 5.92 Å². The zero-order valence-electron chi connectivity index (χ0n) is 16.6. The normalized spacial score (nSPS) is 13.0. The Bertz CT molecular complexity index is 1080. The lowest BCUT2D eigenvalue weighted by atomic mass is 10.0. The first-order valence-electron chi connectivity index (χ1n) is 9.37. The molecule has 0 saturated heterocycles. The van der Waals surface area contributed by atoms with Gasteiger partial charge in [-0.2, -0.15) is 0 Å². The van der Waals surface area contributed by atoms with Gasteiger partial charge in [0.25, 0.3) is 5.91 Å². The molecule has 6 heteroatoms. The van der Waals surface area contributed by atoms with Crippen molar-refractivity contribution < 1.29 is 13.2 Å². The molecule has 0 aliphatic heterocycles. The van der Waals surface area contributed by atoms with Crippen LogP contribution in [0.25, 0.3) is 10.9 Å². The van der Waals surface area contributed by atoms with E-state index in [0.29, 0.717) is 11.5 Å². The van der Waals surface area contributed by atoms with Crippen LogP contribution in [-0.4, -0.2) is 31.6 Å². The number of fused-ring (bicyclic) bond motifs is 1. The Kier molecular flexibility index (Phi) is 5.61.